The molecule has 2 aromatic carbocycles. The Morgan fingerprint density at radius 1 is 1.09 bits per heavy atom. The van der Waals surface area contributed by atoms with Gasteiger partial charge in [-0.1, -0.05) is 42.0 Å². The number of ether oxygens (including phenoxy) is 1. The number of benzene rings is 2. The van der Waals surface area contributed by atoms with Crippen molar-refractivity contribution in [2.45, 2.75) is 64.9 Å². The summed E-state index contributed by atoms with van der Waals surface area (Å²) in [4.78, 5) is 26.8. The molecule has 2 aromatic rings. The lowest BCUT2D eigenvalue weighted by atomic mass is 9.80. The van der Waals surface area contributed by atoms with Gasteiger partial charge in [0.05, 0.1) is 4.90 Å². The van der Waals surface area contributed by atoms with Crippen LogP contribution in [0.15, 0.2) is 41.3 Å². The van der Waals surface area contributed by atoms with Crippen molar-refractivity contribution in [3.05, 3.63) is 64.2 Å². The van der Waals surface area contributed by atoms with Gasteiger partial charge in [-0.2, -0.15) is 0 Å². The summed E-state index contributed by atoms with van der Waals surface area (Å²) in [6, 6.07) is 10.7. The van der Waals surface area contributed by atoms with E-state index in [1.54, 1.807) is 46.8 Å². The molecule has 1 atom stereocenters. The number of fused-ring (bicyclic) bond motifs is 1. The van der Waals surface area contributed by atoms with Crippen LogP contribution in [0.4, 0.5) is 0 Å². The Bertz CT molecular complexity index is 1150. The zero-order valence-electron chi connectivity index (χ0n) is 19.5. The highest BCUT2D eigenvalue weighted by Gasteiger charge is 2.53. The van der Waals surface area contributed by atoms with Crippen LogP contribution in [0.3, 0.4) is 0 Å². The van der Waals surface area contributed by atoms with E-state index in [1.165, 1.54) is 0 Å². The topological polar surface area (TPSA) is 89.5 Å². The molecule has 172 valence electrons. The first-order chi connectivity index (χ1) is 14.8. The molecular weight excluding hydrogens is 426 g/mol. The average Bonchev–Trinajstić information content (AvgIpc) is 2.92. The van der Waals surface area contributed by atoms with Gasteiger partial charge in [0.25, 0.3) is 0 Å². The van der Waals surface area contributed by atoms with Gasteiger partial charge in [0.15, 0.2) is 5.78 Å². The largest absolute Gasteiger partial charge is 0.459 e. The Labute approximate surface area is 190 Å². The van der Waals surface area contributed by atoms with Gasteiger partial charge in [0, 0.05) is 12.1 Å². The number of carbonyl (C=O) groups is 2. The summed E-state index contributed by atoms with van der Waals surface area (Å²) in [5.41, 5.74) is 1.34. The second-order valence-corrected chi connectivity index (χ2v) is 11.3. The molecule has 1 N–H and O–H groups in total. The number of hydrogen-bond acceptors (Lipinski definition) is 5. The molecule has 32 heavy (non-hydrogen) atoms. The lowest BCUT2D eigenvalue weighted by molar-refractivity contribution is -0.164. The van der Waals surface area contributed by atoms with E-state index in [-0.39, 0.29) is 30.1 Å². The summed E-state index contributed by atoms with van der Waals surface area (Å²) in [6.45, 7) is 10.6. The first-order valence-corrected chi connectivity index (χ1v) is 12.2. The van der Waals surface area contributed by atoms with Crippen LogP contribution in [-0.2, 0) is 26.0 Å². The highest BCUT2D eigenvalue weighted by molar-refractivity contribution is 7.89. The van der Waals surface area contributed by atoms with Crippen molar-refractivity contribution in [3.63, 3.8) is 0 Å². The van der Waals surface area contributed by atoms with E-state index in [9.17, 15) is 18.0 Å². The van der Waals surface area contributed by atoms with Crippen LogP contribution in [-0.4, -0.2) is 32.3 Å². The third-order valence-electron chi connectivity index (χ3n) is 5.70. The van der Waals surface area contributed by atoms with Crippen LogP contribution in [0, 0.1) is 26.2 Å². The van der Waals surface area contributed by atoms with Gasteiger partial charge in [0.2, 0.25) is 10.0 Å². The van der Waals surface area contributed by atoms with E-state index in [4.69, 9.17) is 4.74 Å². The number of sulfonamides is 1. The second kappa shape index (κ2) is 8.45. The molecule has 0 fully saturated rings. The fourth-order valence-electron chi connectivity index (χ4n) is 4.47. The number of Topliss-reactive ketones (excluding diaryl/α,β-unsaturated/α-hetero) is 1. The summed E-state index contributed by atoms with van der Waals surface area (Å²) in [7, 11) is -3.82. The fourth-order valence-corrected chi connectivity index (χ4v) is 5.95. The Morgan fingerprint density at radius 3 is 2.25 bits per heavy atom. The van der Waals surface area contributed by atoms with Crippen molar-refractivity contribution in [3.8, 4) is 0 Å². The molecule has 3 rings (SSSR count). The Balaban J connectivity index is 1.88. The number of nitrogens with one attached hydrogen (secondary N) is 1. The summed E-state index contributed by atoms with van der Waals surface area (Å²) < 4.78 is 34.3. The van der Waals surface area contributed by atoms with E-state index >= 15 is 0 Å². The Hall–Kier alpha value is -2.51. The average molecular weight is 458 g/mol. The first-order valence-electron chi connectivity index (χ1n) is 10.7. The molecule has 0 bridgehead atoms. The standard InChI is InChI=1S/C25H31NO5S/c1-16-13-17(2)21(18(3)14-16)32(29,30)26-12-11-25(23(28)31-24(4,5)6)15-19-9-7-8-10-20(19)22(25)27/h7-10,13-14,26H,11-12,15H2,1-6H3. The van der Waals surface area contributed by atoms with Crippen molar-refractivity contribution in [1.29, 1.82) is 0 Å². The number of hydrogen-bond donors (Lipinski definition) is 1. The predicted molar refractivity (Wildman–Crippen MR) is 123 cm³/mol. The van der Waals surface area contributed by atoms with Crippen LogP contribution in [0.2, 0.25) is 0 Å². The quantitative estimate of drug-likeness (QED) is 0.522. The van der Waals surface area contributed by atoms with Gasteiger partial charge in [-0.05, 0) is 71.1 Å². The number of rotatable bonds is 6. The van der Waals surface area contributed by atoms with Gasteiger partial charge < -0.3 is 4.74 Å². The zero-order chi connectivity index (χ0) is 23.9. The Kier molecular flexibility index (Phi) is 6.37. The normalized spacial score (nSPS) is 18.5. The zero-order valence-corrected chi connectivity index (χ0v) is 20.4. The maximum Gasteiger partial charge on any atom is 0.320 e. The molecule has 1 unspecified atom stereocenters. The summed E-state index contributed by atoms with van der Waals surface area (Å²) >= 11 is 0. The van der Waals surface area contributed by atoms with E-state index in [0.717, 1.165) is 11.1 Å². The summed E-state index contributed by atoms with van der Waals surface area (Å²) in [6.07, 6.45) is 0.208. The van der Waals surface area contributed by atoms with Crippen molar-refractivity contribution >= 4 is 21.8 Å². The third kappa shape index (κ3) is 4.64. The molecule has 0 saturated carbocycles. The molecule has 0 saturated heterocycles. The molecule has 0 aliphatic heterocycles. The lowest BCUT2D eigenvalue weighted by Gasteiger charge is -2.30. The van der Waals surface area contributed by atoms with E-state index in [0.29, 0.717) is 16.7 Å². The molecule has 1 aliphatic rings. The smallest absolute Gasteiger partial charge is 0.320 e. The number of carbonyl (C=O) groups excluding carboxylic acids is 2. The maximum absolute atomic E-state index is 13.3. The van der Waals surface area contributed by atoms with Gasteiger partial charge in [-0.15, -0.1) is 0 Å². The molecule has 0 radical (unpaired) electrons. The number of aryl methyl sites for hydroxylation is 3. The molecule has 7 heteroatoms. The second-order valence-electron chi connectivity index (χ2n) is 9.62. The predicted octanol–water partition coefficient (Wildman–Crippen LogP) is 4.05. The number of ketones is 1. The molecule has 0 aromatic heterocycles. The van der Waals surface area contributed by atoms with Crippen LogP contribution >= 0.6 is 0 Å². The van der Waals surface area contributed by atoms with Crippen LogP contribution in [0.25, 0.3) is 0 Å². The van der Waals surface area contributed by atoms with E-state index in [1.807, 2.05) is 31.2 Å². The molecule has 0 spiro atoms. The minimum atomic E-state index is -3.82. The summed E-state index contributed by atoms with van der Waals surface area (Å²) in [5.74, 6) is -0.933. The highest BCUT2D eigenvalue weighted by atomic mass is 32.2. The summed E-state index contributed by atoms with van der Waals surface area (Å²) in [5, 5.41) is 0. The maximum atomic E-state index is 13.3. The monoisotopic (exact) mass is 457 g/mol. The van der Waals surface area contributed by atoms with Crippen LogP contribution < -0.4 is 4.72 Å². The molecular formula is C25H31NO5S. The highest BCUT2D eigenvalue weighted by Crippen LogP contribution is 2.41. The van der Waals surface area contributed by atoms with Gasteiger partial charge >= 0.3 is 5.97 Å². The van der Waals surface area contributed by atoms with Gasteiger partial charge in [-0.3, -0.25) is 9.59 Å². The van der Waals surface area contributed by atoms with Crippen molar-refractivity contribution in [1.82, 2.24) is 4.72 Å². The first kappa shape index (κ1) is 24.1. The molecule has 0 heterocycles. The van der Waals surface area contributed by atoms with Gasteiger partial charge in [-0.25, -0.2) is 13.1 Å². The number of esters is 1. The van der Waals surface area contributed by atoms with E-state index < -0.39 is 27.0 Å². The van der Waals surface area contributed by atoms with Crippen molar-refractivity contribution in [2.24, 2.45) is 5.41 Å². The molecule has 0 amide bonds. The minimum Gasteiger partial charge on any atom is -0.459 e. The lowest BCUT2D eigenvalue weighted by Crippen LogP contribution is -2.44. The minimum absolute atomic E-state index is 0.0125. The van der Waals surface area contributed by atoms with Crippen molar-refractivity contribution < 1.29 is 22.7 Å². The Morgan fingerprint density at radius 2 is 1.69 bits per heavy atom. The van der Waals surface area contributed by atoms with Gasteiger partial charge in [0.1, 0.15) is 11.0 Å². The third-order valence-corrected chi connectivity index (χ3v) is 7.46. The van der Waals surface area contributed by atoms with E-state index in [2.05, 4.69) is 4.72 Å². The van der Waals surface area contributed by atoms with Crippen molar-refractivity contribution in [2.75, 3.05) is 6.54 Å². The van der Waals surface area contributed by atoms with Crippen LogP contribution in [0.5, 0.6) is 0 Å². The fraction of sp³-hybridized carbons (Fsp3) is 0.440. The molecule has 1 aliphatic carbocycles. The molecule has 6 nitrogen and oxygen atoms in total. The van der Waals surface area contributed by atoms with Crippen LogP contribution in [0.1, 0.15) is 59.8 Å². The SMILES string of the molecule is Cc1cc(C)c(S(=O)(=O)NCCC2(C(=O)OC(C)(C)C)Cc3ccccc3C2=O)c(C)c1.